The third-order valence-corrected chi connectivity index (χ3v) is 3.39. The fraction of sp³-hybridized carbons (Fsp3) is 0.750. The lowest BCUT2D eigenvalue weighted by Gasteiger charge is -2.24. The summed E-state index contributed by atoms with van der Waals surface area (Å²) >= 11 is 4.08. The maximum Gasteiger partial charge on any atom is 0.0363 e. The molecule has 0 aromatic carbocycles. The second-order valence-corrected chi connectivity index (χ2v) is 4.86. The Balaban J connectivity index is 2.17. The minimum atomic E-state index is -0.549. The van der Waals surface area contributed by atoms with Crippen molar-refractivity contribution in [1.29, 1.82) is 0 Å². The summed E-state index contributed by atoms with van der Waals surface area (Å²) in [5.41, 5.74) is 0. The Kier molecular flexibility index (Phi) is 4.95. The predicted octanol–water partition coefficient (Wildman–Crippen LogP) is 0.537. The molecule has 0 aromatic rings. The van der Waals surface area contributed by atoms with Gasteiger partial charge in [0.2, 0.25) is 0 Å². The van der Waals surface area contributed by atoms with Crippen LogP contribution < -0.4 is 0 Å². The second kappa shape index (κ2) is 5.78. The van der Waals surface area contributed by atoms with Crippen LogP contribution in [0.15, 0.2) is 12.2 Å². The molecule has 0 radical (unpaired) electrons. The Morgan fingerprint density at radius 2 is 2.00 bits per heavy atom. The van der Waals surface area contributed by atoms with Crippen LogP contribution >= 0.6 is 12.6 Å². The van der Waals surface area contributed by atoms with Crippen molar-refractivity contribution in [3.8, 4) is 0 Å². The van der Waals surface area contributed by atoms with Gasteiger partial charge in [-0.3, -0.25) is 9.11 Å². The molecule has 1 aliphatic heterocycles. The highest BCUT2D eigenvalue weighted by Gasteiger charge is 2.12. The summed E-state index contributed by atoms with van der Waals surface area (Å²) in [5, 5.41) is 0. The van der Waals surface area contributed by atoms with Gasteiger partial charge in [0.05, 0.1) is 0 Å². The van der Waals surface area contributed by atoms with Gasteiger partial charge in [-0.05, 0) is 0 Å². The van der Waals surface area contributed by atoms with Gasteiger partial charge in [0.1, 0.15) is 0 Å². The Morgan fingerprint density at radius 1 is 1.33 bits per heavy atom. The third-order valence-electron chi connectivity index (χ3n) is 1.91. The van der Waals surface area contributed by atoms with E-state index in [-0.39, 0.29) is 0 Å². The van der Waals surface area contributed by atoms with Crippen molar-refractivity contribution in [1.82, 2.24) is 4.90 Å². The highest BCUT2D eigenvalue weighted by atomic mass is 32.2. The van der Waals surface area contributed by atoms with Crippen LogP contribution in [0.25, 0.3) is 0 Å². The molecule has 0 spiro atoms. The molecule has 70 valence electrons. The molecule has 1 heterocycles. The average molecular weight is 205 g/mol. The van der Waals surface area contributed by atoms with Crippen LogP contribution in [0.4, 0.5) is 0 Å². The van der Waals surface area contributed by atoms with Crippen LogP contribution in [0.5, 0.6) is 0 Å². The molecule has 0 amide bonds. The molecule has 12 heavy (non-hydrogen) atoms. The number of nitrogens with zero attached hydrogens (tertiary/aromatic N) is 1. The summed E-state index contributed by atoms with van der Waals surface area (Å²) in [6, 6.07) is 0. The van der Waals surface area contributed by atoms with E-state index >= 15 is 0 Å². The average Bonchev–Trinajstić information content (AvgIpc) is 2.09. The van der Waals surface area contributed by atoms with Crippen LogP contribution in [0.3, 0.4) is 0 Å². The first-order valence-corrected chi connectivity index (χ1v) is 6.28. The van der Waals surface area contributed by atoms with Crippen molar-refractivity contribution >= 4 is 23.4 Å². The van der Waals surface area contributed by atoms with Gasteiger partial charge in [0.15, 0.2) is 0 Å². The van der Waals surface area contributed by atoms with Gasteiger partial charge in [0.25, 0.3) is 0 Å². The normalized spacial score (nSPS) is 22.1. The molecule has 1 saturated heterocycles. The van der Waals surface area contributed by atoms with Crippen LogP contribution in [-0.4, -0.2) is 46.0 Å². The van der Waals surface area contributed by atoms with E-state index < -0.39 is 10.8 Å². The number of rotatable bonds is 3. The molecule has 1 aliphatic rings. The molecule has 0 bridgehead atoms. The van der Waals surface area contributed by atoms with E-state index in [0.29, 0.717) is 0 Å². The molecule has 0 unspecified atom stereocenters. The van der Waals surface area contributed by atoms with Gasteiger partial charge in [-0.25, -0.2) is 0 Å². The molecule has 4 heteroatoms. The number of hydrogen-bond acceptors (Lipinski definition) is 3. The molecular weight excluding hydrogens is 190 g/mol. The van der Waals surface area contributed by atoms with Crippen molar-refractivity contribution in [2.75, 3.05) is 36.9 Å². The van der Waals surface area contributed by atoms with E-state index in [9.17, 15) is 4.21 Å². The summed E-state index contributed by atoms with van der Waals surface area (Å²) < 4.78 is 11.0. The predicted molar refractivity (Wildman–Crippen MR) is 57.3 cm³/mol. The molecule has 1 rings (SSSR count). The van der Waals surface area contributed by atoms with Gasteiger partial charge < -0.3 is 0 Å². The SMILES string of the molecule is O=S1CCN(CC=CCS)CC1. The Labute approximate surface area is 81.9 Å². The molecule has 0 saturated carbocycles. The van der Waals surface area contributed by atoms with Gasteiger partial charge in [-0.2, -0.15) is 12.6 Å². The minimum Gasteiger partial charge on any atom is -0.298 e. The van der Waals surface area contributed by atoms with E-state index in [1.807, 2.05) is 0 Å². The summed E-state index contributed by atoms with van der Waals surface area (Å²) in [5.74, 6) is 2.49. The van der Waals surface area contributed by atoms with Gasteiger partial charge in [-0.1, -0.05) is 12.2 Å². The summed E-state index contributed by atoms with van der Waals surface area (Å²) in [7, 11) is -0.549. The van der Waals surface area contributed by atoms with E-state index in [1.54, 1.807) is 0 Å². The maximum absolute atomic E-state index is 11.0. The zero-order valence-corrected chi connectivity index (χ0v) is 8.82. The number of thiol groups is 1. The molecular formula is C8H15NOS2. The van der Waals surface area contributed by atoms with Gasteiger partial charge in [0, 0.05) is 47.7 Å². The van der Waals surface area contributed by atoms with E-state index in [2.05, 4.69) is 29.7 Å². The molecule has 1 fully saturated rings. The number of hydrogen-bond donors (Lipinski definition) is 1. The second-order valence-electron chi connectivity index (χ2n) is 2.80. The minimum absolute atomic E-state index is 0.549. The van der Waals surface area contributed by atoms with Crippen LogP contribution in [-0.2, 0) is 10.8 Å². The smallest absolute Gasteiger partial charge is 0.0363 e. The standard InChI is InChI=1S/C8H15NOS2/c10-12-7-4-9(5-8-12)3-1-2-6-11/h1-2,11H,3-8H2. The monoisotopic (exact) mass is 205 g/mol. The fourth-order valence-corrected chi connectivity index (χ4v) is 2.43. The van der Waals surface area contributed by atoms with Crippen molar-refractivity contribution in [2.45, 2.75) is 0 Å². The van der Waals surface area contributed by atoms with E-state index in [4.69, 9.17) is 0 Å². The van der Waals surface area contributed by atoms with Crippen molar-refractivity contribution in [3.63, 3.8) is 0 Å². The quantitative estimate of drug-likeness (QED) is 0.536. The lowest BCUT2D eigenvalue weighted by molar-refractivity contribution is 0.332. The van der Waals surface area contributed by atoms with Crippen molar-refractivity contribution < 1.29 is 4.21 Å². The van der Waals surface area contributed by atoms with E-state index in [0.717, 1.165) is 36.9 Å². The topological polar surface area (TPSA) is 20.3 Å². The van der Waals surface area contributed by atoms with Gasteiger partial charge in [-0.15, -0.1) is 0 Å². The Bertz CT molecular complexity index is 172. The largest absolute Gasteiger partial charge is 0.298 e. The highest BCUT2D eigenvalue weighted by Crippen LogP contribution is 1.99. The van der Waals surface area contributed by atoms with Crippen LogP contribution in [0, 0.1) is 0 Å². The molecule has 0 aliphatic carbocycles. The van der Waals surface area contributed by atoms with Crippen molar-refractivity contribution in [2.24, 2.45) is 0 Å². The molecule has 0 atom stereocenters. The van der Waals surface area contributed by atoms with E-state index in [1.165, 1.54) is 0 Å². The van der Waals surface area contributed by atoms with Crippen LogP contribution in [0.1, 0.15) is 0 Å². The fourth-order valence-electron chi connectivity index (χ4n) is 1.16. The molecule has 0 N–H and O–H groups in total. The third kappa shape index (κ3) is 3.74. The van der Waals surface area contributed by atoms with Gasteiger partial charge >= 0.3 is 0 Å². The Hall–Kier alpha value is 0.200. The first-order valence-electron chi connectivity index (χ1n) is 4.16. The lowest BCUT2D eigenvalue weighted by atomic mass is 10.4. The first kappa shape index (κ1) is 10.3. The highest BCUT2D eigenvalue weighted by molar-refractivity contribution is 7.85. The summed E-state index contributed by atoms with van der Waals surface area (Å²) in [6.07, 6.45) is 4.18. The van der Waals surface area contributed by atoms with Crippen molar-refractivity contribution in [3.05, 3.63) is 12.2 Å². The lowest BCUT2D eigenvalue weighted by Crippen LogP contribution is -2.37. The Morgan fingerprint density at radius 3 is 2.58 bits per heavy atom. The molecule has 2 nitrogen and oxygen atoms in total. The zero-order valence-electron chi connectivity index (χ0n) is 7.11. The summed E-state index contributed by atoms with van der Waals surface area (Å²) in [4.78, 5) is 2.32. The summed E-state index contributed by atoms with van der Waals surface area (Å²) in [6.45, 7) is 2.94. The maximum atomic E-state index is 11.0. The zero-order chi connectivity index (χ0) is 8.81. The molecule has 0 aromatic heterocycles. The first-order chi connectivity index (χ1) is 5.83. The van der Waals surface area contributed by atoms with Crippen LogP contribution in [0.2, 0.25) is 0 Å².